The molecule has 98 valence electrons. The number of morpholine rings is 1. The van der Waals surface area contributed by atoms with Crippen LogP contribution in [-0.4, -0.2) is 52.6 Å². The number of rotatable bonds is 2. The van der Waals surface area contributed by atoms with E-state index in [1.165, 1.54) is 11.3 Å². The molecule has 0 saturated carbocycles. The maximum atomic E-state index is 12.2. The Labute approximate surface area is 108 Å². The van der Waals surface area contributed by atoms with Gasteiger partial charge in [0, 0.05) is 6.54 Å². The highest BCUT2D eigenvalue weighted by Gasteiger charge is 2.28. The molecule has 3 N–H and O–H groups in total. The van der Waals surface area contributed by atoms with Crippen molar-refractivity contribution in [3.63, 3.8) is 0 Å². The molecule has 0 bridgehead atoms. The van der Waals surface area contributed by atoms with Gasteiger partial charge in [-0.3, -0.25) is 4.79 Å². The molecule has 1 saturated heterocycles. The van der Waals surface area contributed by atoms with Gasteiger partial charge in [0.1, 0.15) is 11.0 Å². The number of nitrogens with zero attached hydrogens (tertiary/aromatic N) is 3. The first kappa shape index (κ1) is 12.8. The second-order valence-electron chi connectivity index (χ2n) is 3.90. The summed E-state index contributed by atoms with van der Waals surface area (Å²) < 4.78 is 5.34. The first-order chi connectivity index (χ1) is 8.63. The third-order valence-corrected chi connectivity index (χ3v) is 3.66. The van der Waals surface area contributed by atoms with Crippen molar-refractivity contribution in [1.82, 2.24) is 9.88 Å². The lowest BCUT2D eigenvalue weighted by Crippen LogP contribution is -2.50. The highest BCUT2D eigenvalue weighted by Crippen LogP contribution is 2.17. The molecule has 1 amide bonds. The molecule has 1 aromatic heterocycles. The quantitative estimate of drug-likeness (QED) is 0.342. The summed E-state index contributed by atoms with van der Waals surface area (Å²) in [6, 6.07) is 0. The van der Waals surface area contributed by atoms with E-state index < -0.39 is 6.10 Å². The van der Waals surface area contributed by atoms with Crippen LogP contribution in [0.3, 0.4) is 0 Å². The largest absolute Gasteiger partial charge is 0.409 e. The number of oxime groups is 1. The number of carbonyl (C=O) groups is 1. The number of carbonyl (C=O) groups excluding carboxylic acids is 1. The van der Waals surface area contributed by atoms with Gasteiger partial charge in [-0.1, -0.05) is 5.16 Å². The van der Waals surface area contributed by atoms with Gasteiger partial charge in [0.2, 0.25) is 0 Å². The molecule has 1 aromatic rings. The van der Waals surface area contributed by atoms with Gasteiger partial charge in [-0.05, 0) is 6.92 Å². The van der Waals surface area contributed by atoms with E-state index >= 15 is 0 Å². The number of aryl methyl sites for hydroxylation is 1. The molecule has 1 aliphatic rings. The molecule has 7 nitrogen and oxygen atoms in total. The van der Waals surface area contributed by atoms with E-state index in [-0.39, 0.29) is 18.3 Å². The predicted molar refractivity (Wildman–Crippen MR) is 65.9 cm³/mol. The van der Waals surface area contributed by atoms with Gasteiger partial charge < -0.3 is 20.6 Å². The molecule has 1 unspecified atom stereocenters. The molecule has 0 radical (unpaired) electrons. The normalized spacial score (nSPS) is 21.1. The molecule has 8 heteroatoms. The summed E-state index contributed by atoms with van der Waals surface area (Å²) >= 11 is 1.31. The van der Waals surface area contributed by atoms with E-state index in [0.717, 1.165) is 5.69 Å². The topological polar surface area (TPSA) is 101 Å². The van der Waals surface area contributed by atoms with E-state index in [9.17, 15) is 4.79 Å². The van der Waals surface area contributed by atoms with Crippen molar-refractivity contribution in [2.45, 2.75) is 13.0 Å². The number of hydrogen-bond donors (Lipinski definition) is 2. The molecule has 1 fully saturated rings. The van der Waals surface area contributed by atoms with Crippen molar-refractivity contribution in [3.05, 3.63) is 16.1 Å². The van der Waals surface area contributed by atoms with Crippen LogP contribution in [0.4, 0.5) is 0 Å². The lowest BCUT2D eigenvalue weighted by molar-refractivity contribution is 0.00694. The Morgan fingerprint density at radius 1 is 1.78 bits per heavy atom. The van der Waals surface area contributed by atoms with Crippen molar-refractivity contribution in [1.29, 1.82) is 0 Å². The SMILES string of the molecule is Cc1ncsc1C(=O)N1CCOC(C(N)=NO)C1. The fourth-order valence-electron chi connectivity index (χ4n) is 1.73. The summed E-state index contributed by atoms with van der Waals surface area (Å²) in [4.78, 5) is 18.5. The minimum absolute atomic E-state index is 0.0199. The molecule has 2 rings (SSSR count). The van der Waals surface area contributed by atoms with Crippen LogP contribution < -0.4 is 5.73 Å². The highest BCUT2D eigenvalue weighted by atomic mass is 32.1. The Hall–Kier alpha value is -1.67. The van der Waals surface area contributed by atoms with E-state index in [2.05, 4.69) is 10.1 Å². The zero-order valence-electron chi connectivity index (χ0n) is 9.87. The van der Waals surface area contributed by atoms with Crippen molar-refractivity contribution < 1.29 is 14.7 Å². The number of nitrogens with two attached hydrogens (primary N) is 1. The van der Waals surface area contributed by atoms with E-state index in [1.807, 2.05) is 0 Å². The Morgan fingerprint density at radius 3 is 3.17 bits per heavy atom. The van der Waals surface area contributed by atoms with Gasteiger partial charge in [-0.15, -0.1) is 11.3 Å². The zero-order valence-corrected chi connectivity index (χ0v) is 10.7. The molecule has 0 aliphatic carbocycles. The van der Waals surface area contributed by atoms with Crippen LogP contribution in [0.1, 0.15) is 15.4 Å². The Balaban J connectivity index is 2.10. The van der Waals surface area contributed by atoms with E-state index in [1.54, 1.807) is 17.3 Å². The zero-order chi connectivity index (χ0) is 13.1. The summed E-state index contributed by atoms with van der Waals surface area (Å²) in [6.07, 6.45) is -0.555. The smallest absolute Gasteiger partial charge is 0.266 e. The van der Waals surface area contributed by atoms with Crippen LogP contribution in [0.5, 0.6) is 0 Å². The monoisotopic (exact) mass is 270 g/mol. The number of amides is 1. The van der Waals surface area contributed by atoms with Crippen molar-refractivity contribution in [2.24, 2.45) is 10.9 Å². The minimum Gasteiger partial charge on any atom is -0.409 e. The fourth-order valence-corrected chi connectivity index (χ4v) is 2.50. The van der Waals surface area contributed by atoms with Gasteiger partial charge in [0.05, 0.1) is 24.4 Å². The number of thiazole rings is 1. The molecule has 1 aliphatic heterocycles. The predicted octanol–water partition coefficient (Wildman–Crippen LogP) is 0.0389. The highest BCUT2D eigenvalue weighted by molar-refractivity contribution is 7.11. The minimum atomic E-state index is -0.555. The standard InChI is InChI=1S/C10H14N4O3S/c1-6-8(18-5-12-6)10(15)14-2-3-17-7(4-14)9(11)13-16/h5,7,16H,2-4H2,1H3,(H2,11,13). The van der Waals surface area contributed by atoms with E-state index in [4.69, 9.17) is 15.7 Å². The second-order valence-corrected chi connectivity index (χ2v) is 4.76. The maximum absolute atomic E-state index is 12.2. The molecule has 0 spiro atoms. The third-order valence-electron chi connectivity index (χ3n) is 2.74. The van der Waals surface area contributed by atoms with Gasteiger partial charge in [0.15, 0.2) is 5.84 Å². The summed E-state index contributed by atoms with van der Waals surface area (Å²) in [7, 11) is 0. The Bertz CT molecular complexity index is 473. The molecule has 1 atom stereocenters. The van der Waals surface area contributed by atoms with Gasteiger partial charge in [-0.25, -0.2) is 4.98 Å². The summed E-state index contributed by atoms with van der Waals surface area (Å²) in [5, 5.41) is 11.5. The van der Waals surface area contributed by atoms with E-state index in [0.29, 0.717) is 18.0 Å². The molecular weight excluding hydrogens is 256 g/mol. The number of aromatic nitrogens is 1. The summed E-state index contributed by atoms with van der Waals surface area (Å²) in [5.41, 5.74) is 7.85. The summed E-state index contributed by atoms with van der Waals surface area (Å²) in [5.74, 6) is -0.109. The molecule has 2 heterocycles. The maximum Gasteiger partial charge on any atom is 0.266 e. The molecular formula is C10H14N4O3S. The molecule has 0 aromatic carbocycles. The first-order valence-electron chi connectivity index (χ1n) is 5.42. The van der Waals surface area contributed by atoms with Crippen molar-refractivity contribution in [3.8, 4) is 0 Å². The Morgan fingerprint density at radius 2 is 2.56 bits per heavy atom. The van der Waals surface area contributed by atoms with Crippen LogP contribution in [-0.2, 0) is 4.74 Å². The lowest BCUT2D eigenvalue weighted by Gasteiger charge is -2.31. The van der Waals surface area contributed by atoms with Crippen LogP contribution in [0, 0.1) is 6.92 Å². The molecule has 18 heavy (non-hydrogen) atoms. The van der Waals surface area contributed by atoms with Crippen LogP contribution >= 0.6 is 11.3 Å². The first-order valence-corrected chi connectivity index (χ1v) is 6.30. The van der Waals surface area contributed by atoms with Gasteiger partial charge in [0.25, 0.3) is 5.91 Å². The van der Waals surface area contributed by atoms with Crippen LogP contribution in [0.25, 0.3) is 0 Å². The average Bonchev–Trinajstić information content (AvgIpc) is 2.83. The van der Waals surface area contributed by atoms with Crippen LogP contribution in [0.2, 0.25) is 0 Å². The van der Waals surface area contributed by atoms with Gasteiger partial charge >= 0.3 is 0 Å². The summed E-state index contributed by atoms with van der Waals surface area (Å²) in [6.45, 7) is 2.94. The van der Waals surface area contributed by atoms with Crippen molar-refractivity contribution >= 4 is 23.1 Å². The fraction of sp³-hybridized carbons (Fsp3) is 0.500. The number of ether oxygens (including phenoxy) is 1. The lowest BCUT2D eigenvalue weighted by atomic mass is 10.2. The number of hydrogen-bond acceptors (Lipinski definition) is 6. The third kappa shape index (κ3) is 2.44. The second kappa shape index (κ2) is 5.32. The number of amidine groups is 1. The van der Waals surface area contributed by atoms with Gasteiger partial charge in [-0.2, -0.15) is 0 Å². The van der Waals surface area contributed by atoms with Crippen LogP contribution in [0.15, 0.2) is 10.7 Å². The average molecular weight is 270 g/mol. The van der Waals surface area contributed by atoms with Crippen molar-refractivity contribution in [2.75, 3.05) is 19.7 Å². The Kier molecular flexibility index (Phi) is 3.78.